The summed E-state index contributed by atoms with van der Waals surface area (Å²) in [6.07, 6.45) is 2.78. The Morgan fingerprint density at radius 1 is 1.20 bits per heavy atom. The molecule has 7 heteroatoms. The van der Waals surface area contributed by atoms with Gasteiger partial charge in [-0.15, -0.1) is 0 Å². The summed E-state index contributed by atoms with van der Waals surface area (Å²) < 4.78 is 12.8. The standard InChI is InChI=1S/C23H27NO6/c1-13(2)19-8-15-9-22(30-7-5-6-29-4)16(14(3)25)10-17(15)20-11-21(26)18(23(27)28)12-24(19)20/h9-13,19H,5-8H2,1-4H3,(H,27,28)/t19-/m1/s1. The lowest BCUT2D eigenvalue weighted by Crippen LogP contribution is -2.28. The van der Waals surface area contributed by atoms with Gasteiger partial charge in [-0.1, -0.05) is 13.8 Å². The number of carboxylic acid groups (broad SMARTS) is 1. The molecule has 0 spiro atoms. The number of benzene rings is 1. The van der Waals surface area contributed by atoms with Crippen molar-refractivity contribution in [2.24, 2.45) is 5.92 Å². The average molecular weight is 413 g/mol. The van der Waals surface area contributed by atoms with Crippen molar-refractivity contribution in [3.63, 3.8) is 0 Å². The lowest BCUT2D eigenvalue weighted by atomic mass is 9.86. The van der Waals surface area contributed by atoms with E-state index in [-0.39, 0.29) is 23.3 Å². The highest BCUT2D eigenvalue weighted by Crippen LogP contribution is 2.40. The van der Waals surface area contributed by atoms with Crippen molar-refractivity contribution in [1.29, 1.82) is 0 Å². The average Bonchev–Trinajstić information content (AvgIpc) is 2.69. The van der Waals surface area contributed by atoms with E-state index in [9.17, 15) is 19.5 Å². The van der Waals surface area contributed by atoms with Gasteiger partial charge in [0.15, 0.2) is 11.2 Å². The number of rotatable bonds is 8. The van der Waals surface area contributed by atoms with Gasteiger partial charge >= 0.3 is 5.97 Å². The molecule has 3 rings (SSSR count). The number of ketones is 1. The number of pyridine rings is 1. The Labute approximate surface area is 175 Å². The van der Waals surface area contributed by atoms with Gasteiger partial charge in [0.1, 0.15) is 11.3 Å². The summed E-state index contributed by atoms with van der Waals surface area (Å²) in [7, 11) is 1.63. The van der Waals surface area contributed by atoms with Gasteiger partial charge in [0.25, 0.3) is 0 Å². The van der Waals surface area contributed by atoms with Crippen LogP contribution in [-0.4, -0.2) is 41.7 Å². The van der Waals surface area contributed by atoms with Crippen LogP contribution in [0.2, 0.25) is 0 Å². The first kappa shape index (κ1) is 21.8. The molecule has 1 N–H and O–H groups in total. The normalized spacial score (nSPS) is 14.9. The van der Waals surface area contributed by atoms with E-state index in [2.05, 4.69) is 13.8 Å². The number of carbonyl (C=O) groups excluding carboxylic acids is 1. The molecule has 1 aliphatic rings. The molecule has 0 fully saturated rings. The molecule has 1 aromatic carbocycles. The number of carboxylic acids is 1. The molecule has 0 amide bonds. The molecular formula is C23H27NO6. The van der Waals surface area contributed by atoms with Gasteiger partial charge in [-0.2, -0.15) is 0 Å². The lowest BCUT2D eigenvalue weighted by molar-refractivity contribution is 0.0694. The smallest absolute Gasteiger partial charge is 0.341 e. The van der Waals surface area contributed by atoms with Crippen molar-refractivity contribution >= 4 is 11.8 Å². The van der Waals surface area contributed by atoms with Crippen LogP contribution in [0.3, 0.4) is 0 Å². The van der Waals surface area contributed by atoms with Crippen molar-refractivity contribution in [2.45, 2.75) is 39.7 Å². The molecule has 160 valence electrons. The second kappa shape index (κ2) is 8.83. The fourth-order valence-electron chi connectivity index (χ4n) is 3.89. The van der Waals surface area contributed by atoms with E-state index < -0.39 is 11.4 Å². The number of hydrogen-bond acceptors (Lipinski definition) is 5. The van der Waals surface area contributed by atoms with Gasteiger partial charge in [-0.05, 0) is 37.0 Å². The third-order valence-electron chi connectivity index (χ3n) is 5.48. The first-order valence-corrected chi connectivity index (χ1v) is 10.0. The van der Waals surface area contributed by atoms with Crippen LogP contribution in [0.15, 0.2) is 29.2 Å². The zero-order valence-corrected chi connectivity index (χ0v) is 17.7. The molecule has 1 atom stereocenters. The Balaban J connectivity index is 2.15. The fourth-order valence-corrected chi connectivity index (χ4v) is 3.89. The zero-order chi connectivity index (χ0) is 22.0. The highest BCUT2D eigenvalue weighted by molar-refractivity contribution is 5.98. The van der Waals surface area contributed by atoms with E-state index in [4.69, 9.17) is 9.47 Å². The molecule has 0 unspecified atom stereocenters. The van der Waals surface area contributed by atoms with Crippen LogP contribution >= 0.6 is 0 Å². The van der Waals surface area contributed by atoms with Crippen LogP contribution in [0.5, 0.6) is 5.75 Å². The summed E-state index contributed by atoms with van der Waals surface area (Å²) in [4.78, 5) is 36.2. The van der Waals surface area contributed by atoms with E-state index in [0.717, 1.165) is 11.1 Å². The summed E-state index contributed by atoms with van der Waals surface area (Å²) in [5, 5.41) is 9.38. The number of methoxy groups -OCH3 is 1. The monoisotopic (exact) mass is 413 g/mol. The Kier molecular flexibility index (Phi) is 6.41. The number of carbonyl (C=O) groups is 2. The van der Waals surface area contributed by atoms with Gasteiger partial charge in [0.2, 0.25) is 0 Å². The number of Topliss-reactive ketones (excluding diaryl/α,β-unsaturated/α-hetero) is 1. The van der Waals surface area contributed by atoms with Crippen LogP contribution in [0.1, 0.15) is 59.5 Å². The number of aromatic carboxylic acids is 1. The lowest BCUT2D eigenvalue weighted by Gasteiger charge is -2.34. The van der Waals surface area contributed by atoms with E-state index in [1.54, 1.807) is 13.2 Å². The second-order valence-electron chi connectivity index (χ2n) is 7.92. The molecule has 0 aliphatic carbocycles. The van der Waals surface area contributed by atoms with Crippen molar-refractivity contribution in [3.8, 4) is 17.0 Å². The van der Waals surface area contributed by atoms with Gasteiger partial charge in [0.05, 0.1) is 17.9 Å². The predicted octanol–water partition coefficient (Wildman–Crippen LogP) is 3.58. The predicted molar refractivity (Wildman–Crippen MR) is 113 cm³/mol. The molecule has 7 nitrogen and oxygen atoms in total. The quantitative estimate of drug-likeness (QED) is 0.525. The third-order valence-corrected chi connectivity index (χ3v) is 5.48. The van der Waals surface area contributed by atoms with Crippen LogP contribution in [0.25, 0.3) is 11.3 Å². The van der Waals surface area contributed by atoms with Crippen molar-refractivity contribution < 1.29 is 24.2 Å². The molecule has 2 heterocycles. The van der Waals surface area contributed by atoms with E-state index in [1.807, 2.05) is 10.6 Å². The van der Waals surface area contributed by atoms with E-state index >= 15 is 0 Å². The summed E-state index contributed by atoms with van der Waals surface area (Å²) in [6.45, 7) is 6.59. The summed E-state index contributed by atoms with van der Waals surface area (Å²) in [5.74, 6) is -0.646. The fraction of sp³-hybridized carbons (Fsp3) is 0.435. The van der Waals surface area contributed by atoms with Crippen molar-refractivity contribution in [3.05, 3.63) is 51.3 Å². The van der Waals surface area contributed by atoms with Crippen LogP contribution < -0.4 is 10.2 Å². The summed E-state index contributed by atoms with van der Waals surface area (Å²) in [5.41, 5.74) is 2.00. The number of hydrogen-bond donors (Lipinski definition) is 1. The molecule has 2 aromatic rings. The minimum absolute atomic E-state index is 0.0179. The molecule has 0 bridgehead atoms. The Bertz CT molecular complexity index is 1040. The Morgan fingerprint density at radius 3 is 2.53 bits per heavy atom. The summed E-state index contributed by atoms with van der Waals surface area (Å²) in [6, 6.07) is 4.98. The first-order chi connectivity index (χ1) is 14.2. The molecular weight excluding hydrogens is 386 g/mol. The van der Waals surface area contributed by atoms with Gasteiger partial charge in [-0.25, -0.2) is 4.79 Å². The maximum Gasteiger partial charge on any atom is 0.341 e. The molecule has 30 heavy (non-hydrogen) atoms. The van der Waals surface area contributed by atoms with Crippen LogP contribution in [0, 0.1) is 5.92 Å². The molecule has 0 radical (unpaired) electrons. The highest BCUT2D eigenvalue weighted by Gasteiger charge is 2.29. The molecule has 0 saturated heterocycles. The van der Waals surface area contributed by atoms with Gasteiger partial charge < -0.3 is 19.1 Å². The SMILES string of the molecule is COCCCOc1cc2c(cc1C(C)=O)-c1cc(=O)c(C(=O)O)cn1[C@@H](C(C)C)C2. The maximum atomic E-state index is 12.4. The zero-order valence-electron chi connectivity index (χ0n) is 17.7. The number of fused-ring (bicyclic) bond motifs is 3. The number of ether oxygens (including phenoxy) is 2. The number of aromatic nitrogens is 1. The summed E-state index contributed by atoms with van der Waals surface area (Å²) >= 11 is 0. The largest absolute Gasteiger partial charge is 0.493 e. The topological polar surface area (TPSA) is 94.8 Å². The minimum Gasteiger partial charge on any atom is -0.493 e. The Morgan fingerprint density at radius 2 is 1.93 bits per heavy atom. The molecule has 0 saturated carbocycles. The van der Waals surface area contributed by atoms with Gasteiger partial charge in [0, 0.05) is 44.0 Å². The van der Waals surface area contributed by atoms with Crippen LogP contribution in [-0.2, 0) is 11.2 Å². The first-order valence-electron chi connectivity index (χ1n) is 10.0. The van der Waals surface area contributed by atoms with E-state index in [1.165, 1.54) is 19.2 Å². The van der Waals surface area contributed by atoms with E-state index in [0.29, 0.717) is 43.1 Å². The van der Waals surface area contributed by atoms with Crippen LogP contribution in [0.4, 0.5) is 0 Å². The highest BCUT2D eigenvalue weighted by atomic mass is 16.5. The molecule has 1 aromatic heterocycles. The maximum absolute atomic E-state index is 12.4. The number of nitrogens with zero attached hydrogens (tertiary/aromatic N) is 1. The Hall–Kier alpha value is -2.93. The molecule has 1 aliphatic heterocycles. The second-order valence-corrected chi connectivity index (χ2v) is 7.92. The van der Waals surface area contributed by atoms with Crippen molar-refractivity contribution in [1.82, 2.24) is 4.57 Å². The van der Waals surface area contributed by atoms with Crippen molar-refractivity contribution in [2.75, 3.05) is 20.3 Å². The van der Waals surface area contributed by atoms with Gasteiger partial charge in [-0.3, -0.25) is 9.59 Å². The third kappa shape index (κ3) is 4.16. The minimum atomic E-state index is -1.24.